The summed E-state index contributed by atoms with van der Waals surface area (Å²) in [5.74, 6) is 0.898. The van der Waals surface area contributed by atoms with Crippen LogP contribution in [0.1, 0.15) is 26.5 Å². The number of benzene rings is 1. The standard InChI is InChI=1S/C13H15BrClNO/c1-13(2,3)16-7-10-5-8-4-9(14)6-11(15)12(8)17-10/h4-6,16H,7H2,1-3H3. The molecule has 17 heavy (non-hydrogen) atoms. The average molecular weight is 317 g/mol. The van der Waals surface area contributed by atoms with E-state index in [4.69, 9.17) is 16.0 Å². The maximum atomic E-state index is 6.12. The summed E-state index contributed by atoms with van der Waals surface area (Å²) in [5, 5.41) is 5.04. The van der Waals surface area contributed by atoms with E-state index in [9.17, 15) is 0 Å². The number of halogens is 2. The highest BCUT2D eigenvalue weighted by molar-refractivity contribution is 9.10. The Morgan fingerprint density at radius 2 is 2.00 bits per heavy atom. The molecular weight excluding hydrogens is 302 g/mol. The van der Waals surface area contributed by atoms with Crippen molar-refractivity contribution in [2.75, 3.05) is 0 Å². The summed E-state index contributed by atoms with van der Waals surface area (Å²) in [5.41, 5.74) is 0.823. The molecule has 0 spiro atoms. The Bertz CT molecular complexity index is 542. The van der Waals surface area contributed by atoms with Crippen molar-refractivity contribution in [1.82, 2.24) is 5.32 Å². The van der Waals surface area contributed by atoms with Crippen molar-refractivity contribution >= 4 is 38.5 Å². The van der Waals surface area contributed by atoms with Crippen molar-refractivity contribution in [3.63, 3.8) is 0 Å². The van der Waals surface area contributed by atoms with Gasteiger partial charge in [-0.3, -0.25) is 0 Å². The van der Waals surface area contributed by atoms with Crippen molar-refractivity contribution in [2.24, 2.45) is 0 Å². The van der Waals surface area contributed by atoms with Gasteiger partial charge in [0.15, 0.2) is 5.58 Å². The summed E-state index contributed by atoms with van der Waals surface area (Å²) in [4.78, 5) is 0. The Hall–Kier alpha value is -0.510. The van der Waals surface area contributed by atoms with E-state index < -0.39 is 0 Å². The molecule has 92 valence electrons. The van der Waals surface area contributed by atoms with Crippen LogP contribution >= 0.6 is 27.5 Å². The average Bonchev–Trinajstić information content (AvgIpc) is 2.56. The van der Waals surface area contributed by atoms with Gasteiger partial charge in [-0.15, -0.1) is 0 Å². The van der Waals surface area contributed by atoms with E-state index in [1.54, 1.807) is 0 Å². The van der Waals surface area contributed by atoms with Gasteiger partial charge >= 0.3 is 0 Å². The summed E-state index contributed by atoms with van der Waals surface area (Å²) in [7, 11) is 0. The lowest BCUT2D eigenvalue weighted by Crippen LogP contribution is -2.34. The normalized spacial score (nSPS) is 12.3. The molecule has 1 aromatic heterocycles. The van der Waals surface area contributed by atoms with Gasteiger partial charge in [0.1, 0.15) is 5.76 Å². The quantitative estimate of drug-likeness (QED) is 0.866. The van der Waals surface area contributed by atoms with E-state index in [0.29, 0.717) is 11.6 Å². The van der Waals surface area contributed by atoms with Crippen LogP contribution in [0, 0.1) is 0 Å². The molecule has 0 atom stereocenters. The minimum atomic E-state index is 0.0728. The van der Waals surface area contributed by atoms with Crippen LogP contribution in [-0.4, -0.2) is 5.54 Å². The molecule has 0 bridgehead atoms. The SMILES string of the molecule is CC(C)(C)NCc1cc2cc(Br)cc(Cl)c2o1. The van der Waals surface area contributed by atoms with Crippen LogP contribution in [-0.2, 0) is 6.54 Å². The first-order valence-electron chi connectivity index (χ1n) is 5.48. The molecule has 1 N–H and O–H groups in total. The number of hydrogen-bond acceptors (Lipinski definition) is 2. The second-order valence-electron chi connectivity index (χ2n) is 5.12. The third-order valence-corrected chi connectivity index (χ3v) is 3.12. The zero-order chi connectivity index (χ0) is 12.6. The zero-order valence-electron chi connectivity index (χ0n) is 10.1. The second-order valence-corrected chi connectivity index (χ2v) is 6.45. The first kappa shape index (κ1) is 12.9. The number of rotatable bonds is 2. The van der Waals surface area contributed by atoms with E-state index in [2.05, 4.69) is 42.0 Å². The fourth-order valence-corrected chi connectivity index (χ4v) is 2.44. The third kappa shape index (κ3) is 3.24. The molecule has 1 heterocycles. The van der Waals surface area contributed by atoms with Gasteiger partial charge in [0.2, 0.25) is 0 Å². The van der Waals surface area contributed by atoms with E-state index in [1.165, 1.54) is 0 Å². The molecule has 0 aliphatic heterocycles. The van der Waals surface area contributed by atoms with Gasteiger partial charge in [-0.2, -0.15) is 0 Å². The van der Waals surface area contributed by atoms with Crippen molar-refractivity contribution in [3.05, 3.63) is 33.5 Å². The monoisotopic (exact) mass is 315 g/mol. The highest BCUT2D eigenvalue weighted by Gasteiger charge is 2.12. The van der Waals surface area contributed by atoms with Crippen LogP contribution in [0.5, 0.6) is 0 Å². The highest BCUT2D eigenvalue weighted by atomic mass is 79.9. The Balaban J connectivity index is 2.29. The molecular formula is C13H15BrClNO. The molecule has 1 aromatic carbocycles. The predicted octanol–water partition coefficient (Wildman–Crippen LogP) is 4.74. The van der Waals surface area contributed by atoms with Crippen molar-refractivity contribution in [3.8, 4) is 0 Å². The molecule has 0 radical (unpaired) electrons. The molecule has 0 saturated carbocycles. The number of hydrogen-bond donors (Lipinski definition) is 1. The van der Waals surface area contributed by atoms with Crippen molar-refractivity contribution in [2.45, 2.75) is 32.9 Å². The number of furan rings is 1. The predicted molar refractivity (Wildman–Crippen MR) is 75.5 cm³/mol. The maximum Gasteiger partial charge on any atom is 0.153 e. The Morgan fingerprint density at radius 1 is 1.29 bits per heavy atom. The molecule has 0 amide bonds. The van der Waals surface area contributed by atoms with Crippen LogP contribution in [0.25, 0.3) is 11.0 Å². The van der Waals surface area contributed by atoms with Gasteiger partial charge in [0, 0.05) is 15.4 Å². The third-order valence-electron chi connectivity index (χ3n) is 2.38. The first-order valence-corrected chi connectivity index (χ1v) is 6.65. The van der Waals surface area contributed by atoms with Gasteiger partial charge < -0.3 is 9.73 Å². The lowest BCUT2D eigenvalue weighted by atomic mass is 10.1. The van der Waals surface area contributed by atoms with Gasteiger partial charge in [0.05, 0.1) is 11.6 Å². The minimum Gasteiger partial charge on any atom is -0.458 e. The Morgan fingerprint density at radius 3 is 2.65 bits per heavy atom. The van der Waals surface area contributed by atoms with Crippen LogP contribution in [0.15, 0.2) is 27.1 Å². The van der Waals surface area contributed by atoms with Crippen LogP contribution < -0.4 is 5.32 Å². The van der Waals surface area contributed by atoms with Crippen molar-refractivity contribution in [1.29, 1.82) is 0 Å². The fourth-order valence-electron chi connectivity index (χ4n) is 1.57. The molecule has 0 saturated heterocycles. The zero-order valence-corrected chi connectivity index (χ0v) is 12.4. The lowest BCUT2D eigenvalue weighted by Gasteiger charge is -2.19. The first-order chi connectivity index (χ1) is 7.85. The van der Waals surface area contributed by atoms with E-state index in [0.717, 1.165) is 21.2 Å². The minimum absolute atomic E-state index is 0.0728. The molecule has 0 aliphatic rings. The number of fused-ring (bicyclic) bond motifs is 1. The summed E-state index contributed by atoms with van der Waals surface area (Å²) in [6.45, 7) is 7.07. The van der Waals surface area contributed by atoms with E-state index in [-0.39, 0.29) is 5.54 Å². The van der Waals surface area contributed by atoms with Gasteiger partial charge in [-0.1, -0.05) is 27.5 Å². The maximum absolute atomic E-state index is 6.12. The summed E-state index contributed by atoms with van der Waals surface area (Å²) < 4.78 is 6.70. The van der Waals surface area contributed by atoms with Gasteiger partial charge in [-0.25, -0.2) is 0 Å². The molecule has 0 fully saturated rings. The fraction of sp³-hybridized carbons (Fsp3) is 0.385. The van der Waals surface area contributed by atoms with Crippen LogP contribution in [0.4, 0.5) is 0 Å². The molecule has 0 aliphatic carbocycles. The van der Waals surface area contributed by atoms with Crippen LogP contribution in [0.3, 0.4) is 0 Å². The van der Waals surface area contributed by atoms with Crippen molar-refractivity contribution < 1.29 is 4.42 Å². The van der Waals surface area contributed by atoms with Gasteiger partial charge in [-0.05, 0) is 39.0 Å². The van der Waals surface area contributed by atoms with Crippen LogP contribution in [0.2, 0.25) is 5.02 Å². The molecule has 2 rings (SSSR count). The Kier molecular flexibility index (Phi) is 3.53. The molecule has 2 aromatic rings. The Labute approximate surface area is 114 Å². The van der Waals surface area contributed by atoms with Gasteiger partial charge in [0.25, 0.3) is 0 Å². The lowest BCUT2D eigenvalue weighted by molar-refractivity contribution is 0.395. The summed E-state index contributed by atoms with van der Waals surface area (Å²) in [6, 6.07) is 5.87. The molecule has 0 unspecified atom stereocenters. The van der Waals surface area contributed by atoms with E-state index in [1.807, 2.05) is 18.2 Å². The number of nitrogens with one attached hydrogen (secondary N) is 1. The topological polar surface area (TPSA) is 25.2 Å². The molecule has 2 nitrogen and oxygen atoms in total. The smallest absolute Gasteiger partial charge is 0.153 e. The summed E-state index contributed by atoms with van der Waals surface area (Å²) in [6.07, 6.45) is 0. The largest absolute Gasteiger partial charge is 0.458 e. The highest BCUT2D eigenvalue weighted by Crippen LogP contribution is 2.30. The summed E-state index contributed by atoms with van der Waals surface area (Å²) >= 11 is 9.54. The second kappa shape index (κ2) is 4.63. The van der Waals surface area contributed by atoms with E-state index >= 15 is 0 Å². The molecule has 4 heteroatoms.